The Bertz CT molecular complexity index is 967. The highest BCUT2D eigenvalue weighted by atomic mass is 35.5. The topological polar surface area (TPSA) is 29.1 Å². The Kier molecular flexibility index (Phi) is 5.14. The number of amides is 1. The Morgan fingerprint density at radius 1 is 1.00 bits per heavy atom. The van der Waals surface area contributed by atoms with Gasteiger partial charge >= 0.3 is 0 Å². The second-order valence-corrected chi connectivity index (χ2v) is 10.7. The summed E-state index contributed by atoms with van der Waals surface area (Å²) < 4.78 is 0. The molecule has 0 spiro atoms. The van der Waals surface area contributed by atoms with Gasteiger partial charge in [-0.25, -0.2) is 0 Å². The van der Waals surface area contributed by atoms with Gasteiger partial charge in [-0.15, -0.1) is 0 Å². The summed E-state index contributed by atoms with van der Waals surface area (Å²) >= 11 is 13.1. The number of carbonyl (C=O) groups excluding carboxylic acids is 1. The molecule has 3 fully saturated rings. The fourth-order valence-corrected chi connectivity index (χ4v) is 6.81. The molecular formula is C26H29Cl2NO. The summed E-state index contributed by atoms with van der Waals surface area (Å²) in [7, 11) is 0. The molecule has 0 radical (unpaired) electrons. The molecule has 0 bridgehead atoms. The van der Waals surface area contributed by atoms with Crippen LogP contribution in [-0.2, 0) is 4.79 Å². The van der Waals surface area contributed by atoms with Gasteiger partial charge in [-0.3, -0.25) is 4.79 Å². The third-order valence-corrected chi connectivity index (χ3v) is 8.78. The van der Waals surface area contributed by atoms with Gasteiger partial charge in [0, 0.05) is 22.0 Å². The Labute approximate surface area is 189 Å². The standard InChI is InChI=1S/C26H29Cl2NO/c1-15-24-23(17-6-9-19(27)10-7-17)21(12-13-26(24,2)25(30)29-15)20-11-8-18(14-22(20)28)16-4-3-5-16/h6-11,14-16,21,23-24H,3-5,12-13H2,1-2H3,(H,29,30)/t15-,21+,23+,24+,26-/m1/s1. The van der Waals surface area contributed by atoms with Crippen LogP contribution in [0.1, 0.15) is 80.4 Å². The maximum Gasteiger partial charge on any atom is 0.226 e. The van der Waals surface area contributed by atoms with Gasteiger partial charge in [-0.2, -0.15) is 0 Å². The van der Waals surface area contributed by atoms with E-state index in [1.807, 2.05) is 12.1 Å². The molecule has 5 atom stereocenters. The van der Waals surface area contributed by atoms with E-state index in [9.17, 15) is 4.79 Å². The molecule has 2 saturated carbocycles. The van der Waals surface area contributed by atoms with Crippen molar-refractivity contribution in [1.82, 2.24) is 5.32 Å². The molecule has 3 aliphatic rings. The first kappa shape index (κ1) is 20.4. The summed E-state index contributed by atoms with van der Waals surface area (Å²) in [5.74, 6) is 1.62. The molecule has 0 aromatic heterocycles. The van der Waals surface area contributed by atoms with Crippen molar-refractivity contribution >= 4 is 29.1 Å². The summed E-state index contributed by atoms with van der Waals surface area (Å²) in [4.78, 5) is 12.9. The lowest BCUT2D eigenvalue weighted by molar-refractivity contribution is -0.129. The molecule has 30 heavy (non-hydrogen) atoms. The number of hydrogen-bond donors (Lipinski definition) is 1. The van der Waals surface area contributed by atoms with Crippen LogP contribution < -0.4 is 5.32 Å². The monoisotopic (exact) mass is 441 g/mol. The van der Waals surface area contributed by atoms with Crippen molar-refractivity contribution in [3.63, 3.8) is 0 Å². The van der Waals surface area contributed by atoms with Gasteiger partial charge in [-0.1, -0.05) is 60.8 Å². The molecule has 2 aliphatic carbocycles. The smallest absolute Gasteiger partial charge is 0.226 e. The van der Waals surface area contributed by atoms with Gasteiger partial charge in [0.25, 0.3) is 0 Å². The van der Waals surface area contributed by atoms with Crippen molar-refractivity contribution in [3.05, 3.63) is 69.2 Å². The van der Waals surface area contributed by atoms with Crippen LogP contribution in [0.4, 0.5) is 0 Å². The van der Waals surface area contributed by atoms with Crippen molar-refractivity contribution < 1.29 is 4.79 Å². The molecule has 5 rings (SSSR count). The molecule has 158 valence electrons. The Balaban J connectivity index is 1.58. The highest BCUT2D eigenvalue weighted by Gasteiger charge is 2.57. The predicted molar refractivity (Wildman–Crippen MR) is 123 cm³/mol. The first-order valence-electron chi connectivity index (χ1n) is 11.2. The lowest BCUT2D eigenvalue weighted by atomic mass is 9.56. The van der Waals surface area contributed by atoms with E-state index in [2.05, 4.69) is 49.5 Å². The molecule has 2 aromatic rings. The van der Waals surface area contributed by atoms with Crippen LogP contribution in [0.15, 0.2) is 42.5 Å². The van der Waals surface area contributed by atoms with E-state index in [4.69, 9.17) is 23.2 Å². The van der Waals surface area contributed by atoms with E-state index in [0.717, 1.165) is 22.9 Å². The number of hydrogen-bond acceptors (Lipinski definition) is 1. The molecule has 2 nitrogen and oxygen atoms in total. The third-order valence-electron chi connectivity index (χ3n) is 8.20. The van der Waals surface area contributed by atoms with Crippen LogP contribution in [0.2, 0.25) is 10.0 Å². The average Bonchev–Trinajstić information content (AvgIpc) is 2.90. The second kappa shape index (κ2) is 7.57. The minimum atomic E-state index is -0.335. The van der Waals surface area contributed by atoms with Crippen LogP contribution >= 0.6 is 23.2 Å². The second-order valence-electron chi connectivity index (χ2n) is 9.84. The molecule has 1 heterocycles. The zero-order chi connectivity index (χ0) is 21.0. The van der Waals surface area contributed by atoms with Gasteiger partial charge in [-0.05, 0) is 85.3 Å². The highest BCUT2D eigenvalue weighted by molar-refractivity contribution is 6.31. The minimum absolute atomic E-state index is 0.138. The Morgan fingerprint density at radius 2 is 1.70 bits per heavy atom. The zero-order valence-corrected chi connectivity index (χ0v) is 19.1. The van der Waals surface area contributed by atoms with Crippen molar-refractivity contribution in [1.29, 1.82) is 0 Å². The molecule has 1 N–H and O–H groups in total. The van der Waals surface area contributed by atoms with E-state index in [1.54, 1.807) is 0 Å². The van der Waals surface area contributed by atoms with Crippen molar-refractivity contribution in [2.24, 2.45) is 11.3 Å². The molecule has 2 aromatic carbocycles. The summed E-state index contributed by atoms with van der Waals surface area (Å²) in [6.45, 7) is 4.30. The van der Waals surface area contributed by atoms with Crippen LogP contribution in [0.3, 0.4) is 0 Å². The number of fused-ring (bicyclic) bond motifs is 1. The summed E-state index contributed by atoms with van der Waals surface area (Å²) in [6.07, 6.45) is 5.73. The number of carbonyl (C=O) groups is 1. The van der Waals surface area contributed by atoms with Gasteiger partial charge in [0.15, 0.2) is 0 Å². The lowest BCUT2D eigenvalue weighted by Crippen LogP contribution is -2.42. The summed E-state index contributed by atoms with van der Waals surface area (Å²) in [5, 5.41) is 4.87. The minimum Gasteiger partial charge on any atom is -0.353 e. The number of rotatable bonds is 3. The van der Waals surface area contributed by atoms with Crippen LogP contribution in [0.5, 0.6) is 0 Å². The fourth-order valence-electron chi connectivity index (χ4n) is 6.35. The predicted octanol–water partition coefficient (Wildman–Crippen LogP) is 7.06. The first-order valence-corrected chi connectivity index (χ1v) is 12.0. The molecule has 1 saturated heterocycles. The van der Waals surface area contributed by atoms with Crippen LogP contribution in [0, 0.1) is 11.3 Å². The maximum atomic E-state index is 12.9. The summed E-state index contributed by atoms with van der Waals surface area (Å²) in [6, 6.07) is 15.1. The fraction of sp³-hybridized carbons (Fsp3) is 0.500. The van der Waals surface area contributed by atoms with E-state index in [0.29, 0.717) is 11.8 Å². The number of benzene rings is 2. The molecule has 1 aliphatic heterocycles. The highest BCUT2D eigenvalue weighted by Crippen LogP contribution is 2.59. The van der Waals surface area contributed by atoms with Gasteiger partial charge in [0.2, 0.25) is 5.91 Å². The van der Waals surface area contributed by atoms with E-state index in [1.165, 1.54) is 36.0 Å². The number of nitrogens with one attached hydrogen (secondary N) is 1. The number of halogens is 2. The molecule has 1 amide bonds. The molecule has 0 unspecified atom stereocenters. The van der Waals surface area contributed by atoms with Gasteiger partial charge < -0.3 is 5.32 Å². The van der Waals surface area contributed by atoms with Gasteiger partial charge in [0.05, 0.1) is 5.41 Å². The van der Waals surface area contributed by atoms with E-state index < -0.39 is 0 Å². The van der Waals surface area contributed by atoms with Crippen molar-refractivity contribution in [3.8, 4) is 0 Å². The van der Waals surface area contributed by atoms with Crippen LogP contribution in [-0.4, -0.2) is 11.9 Å². The van der Waals surface area contributed by atoms with Crippen molar-refractivity contribution in [2.45, 2.75) is 69.7 Å². The maximum absolute atomic E-state index is 12.9. The Morgan fingerprint density at radius 3 is 2.33 bits per heavy atom. The SMILES string of the molecule is C[C@H]1NC(=O)[C@]2(C)CC[C@@H](c3ccc(C4CCC4)cc3Cl)[C@H](c3ccc(Cl)cc3)[C@H]12. The average molecular weight is 442 g/mol. The van der Waals surface area contributed by atoms with Crippen molar-refractivity contribution in [2.75, 3.05) is 0 Å². The lowest BCUT2D eigenvalue weighted by Gasteiger charge is -2.46. The summed E-state index contributed by atoms with van der Waals surface area (Å²) in [5.41, 5.74) is 3.53. The normalized spacial score (nSPS) is 33.7. The third kappa shape index (κ3) is 3.19. The molecular weight excluding hydrogens is 413 g/mol. The van der Waals surface area contributed by atoms with E-state index in [-0.39, 0.29) is 29.2 Å². The van der Waals surface area contributed by atoms with Crippen LogP contribution in [0.25, 0.3) is 0 Å². The first-order chi connectivity index (χ1) is 14.4. The molecule has 4 heteroatoms. The van der Waals surface area contributed by atoms with Gasteiger partial charge in [0.1, 0.15) is 0 Å². The Hall–Kier alpha value is -1.51. The largest absolute Gasteiger partial charge is 0.353 e. The quantitative estimate of drug-likeness (QED) is 0.542. The van der Waals surface area contributed by atoms with E-state index >= 15 is 0 Å². The zero-order valence-electron chi connectivity index (χ0n) is 17.6.